The second-order valence-electron chi connectivity index (χ2n) is 2.61. The third-order valence-electron chi connectivity index (χ3n) is 1.43. The van der Waals surface area contributed by atoms with Crippen LogP contribution in [0.25, 0.3) is 0 Å². The van der Waals surface area contributed by atoms with Crippen LogP contribution in [0.4, 0.5) is 0 Å². The van der Waals surface area contributed by atoms with E-state index in [9.17, 15) is 4.79 Å². The highest BCUT2D eigenvalue weighted by molar-refractivity contribution is 7.05. The summed E-state index contributed by atoms with van der Waals surface area (Å²) in [5.41, 5.74) is 0.300. The lowest BCUT2D eigenvalue weighted by atomic mass is 10.1. The SMILES string of the molecule is [CH2]C(C)c1snnc1C(=O)OCC. The maximum absolute atomic E-state index is 11.3. The Morgan fingerprint density at radius 3 is 3.00 bits per heavy atom. The van der Waals surface area contributed by atoms with Gasteiger partial charge in [-0.1, -0.05) is 11.4 Å². The number of carbonyl (C=O) groups is 1. The van der Waals surface area contributed by atoms with Crippen molar-refractivity contribution < 1.29 is 9.53 Å². The van der Waals surface area contributed by atoms with Gasteiger partial charge in [-0.25, -0.2) is 4.79 Å². The monoisotopic (exact) mass is 199 g/mol. The number of carbonyl (C=O) groups excluding carboxylic acids is 1. The van der Waals surface area contributed by atoms with Crippen molar-refractivity contribution in [1.29, 1.82) is 0 Å². The number of esters is 1. The number of rotatable bonds is 3. The molecule has 1 atom stereocenters. The smallest absolute Gasteiger partial charge is 0.360 e. The Hall–Kier alpha value is -0.970. The minimum Gasteiger partial charge on any atom is -0.461 e. The van der Waals surface area contributed by atoms with Crippen LogP contribution in [0, 0.1) is 6.92 Å². The van der Waals surface area contributed by atoms with Crippen molar-refractivity contribution in [3.8, 4) is 0 Å². The van der Waals surface area contributed by atoms with E-state index in [0.717, 1.165) is 4.88 Å². The van der Waals surface area contributed by atoms with Gasteiger partial charge >= 0.3 is 5.97 Å². The fourth-order valence-electron chi connectivity index (χ4n) is 0.862. The minimum atomic E-state index is -0.415. The first-order chi connectivity index (χ1) is 6.16. The highest BCUT2D eigenvalue weighted by atomic mass is 32.1. The second kappa shape index (κ2) is 4.32. The Bertz CT molecular complexity index is 296. The van der Waals surface area contributed by atoms with Gasteiger partial charge in [-0.05, 0) is 31.3 Å². The van der Waals surface area contributed by atoms with Gasteiger partial charge in [-0.2, -0.15) is 0 Å². The standard InChI is InChI=1S/C8H11N2O2S/c1-4-12-8(11)6-7(5(2)3)13-10-9-6/h5H,2,4H2,1,3H3. The molecule has 1 radical (unpaired) electrons. The molecule has 0 fully saturated rings. The molecule has 13 heavy (non-hydrogen) atoms. The Balaban J connectivity index is 2.87. The highest BCUT2D eigenvalue weighted by Crippen LogP contribution is 2.21. The first kappa shape index (κ1) is 10.1. The van der Waals surface area contributed by atoms with Crippen LogP contribution in [-0.4, -0.2) is 22.2 Å². The van der Waals surface area contributed by atoms with Crippen molar-refractivity contribution in [2.75, 3.05) is 6.61 Å². The third kappa shape index (κ3) is 2.24. The van der Waals surface area contributed by atoms with Crippen LogP contribution < -0.4 is 0 Å². The van der Waals surface area contributed by atoms with Gasteiger partial charge in [0.25, 0.3) is 0 Å². The first-order valence-corrected chi connectivity index (χ1v) is 4.76. The summed E-state index contributed by atoms with van der Waals surface area (Å²) in [6, 6.07) is 0. The third-order valence-corrected chi connectivity index (χ3v) is 2.39. The van der Waals surface area contributed by atoms with Crippen LogP contribution in [0.1, 0.15) is 35.1 Å². The summed E-state index contributed by atoms with van der Waals surface area (Å²) in [7, 11) is 0. The summed E-state index contributed by atoms with van der Waals surface area (Å²) in [5.74, 6) is -0.402. The van der Waals surface area contributed by atoms with Crippen LogP contribution in [0.5, 0.6) is 0 Å². The first-order valence-electron chi connectivity index (χ1n) is 3.99. The molecule has 1 aromatic heterocycles. The van der Waals surface area contributed by atoms with Gasteiger partial charge in [-0.15, -0.1) is 5.10 Å². The van der Waals surface area contributed by atoms with Crippen LogP contribution in [-0.2, 0) is 4.74 Å². The largest absolute Gasteiger partial charge is 0.461 e. The topological polar surface area (TPSA) is 52.1 Å². The maximum atomic E-state index is 11.3. The summed E-state index contributed by atoms with van der Waals surface area (Å²) in [5, 5.41) is 3.71. The summed E-state index contributed by atoms with van der Waals surface area (Å²) in [4.78, 5) is 12.1. The van der Waals surface area contributed by atoms with Gasteiger partial charge in [0.2, 0.25) is 0 Å². The molecule has 1 rings (SSSR count). The lowest BCUT2D eigenvalue weighted by molar-refractivity contribution is 0.0518. The normalized spacial score (nSPS) is 10.5. The Labute approximate surface area is 81.1 Å². The van der Waals surface area contributed by atoms with E-state index < -0.39 is 5.97 Å². The number of nitrogens with zero attached hydrogens (tertiary/aromatic N) is 2. The van der Waals surface area contributed by atoms with Crippen LogP contribution in [0.3, 0.4) is 0 Å². The quantitative estimate of drug-likeness (QED) is 0.694. The van der Waals surface area contributed by atoms with Gasteiger partial charge in [0, 0.05) is 0 Å². The van der Waals surface area contributed by atoms with E-state index in [2.05, 4.69) is 16.5 Å². The zero-order valence-electron chi connectivity index (χ0n) is 7.61. The molecular weight excluding hydrogens is 188 g/mol. The van der Waals surface area contributed by atoms with Crippen molar-refractivity contribution >= 4 is 17.5 Å². The van der Waals surface area contributed by atoms with Crippen LogP contribution in [0.15, 0.2) is 0 Å². The Morgan fingerprint density at radius 2 is 2.46 bits per heavy atom. The molecule has 5 heteroatoms. The van der Waals surface area contributed by atoms with E-state index in [1.165, 1.54) is 11.5 Å². The van der Waals surface area contributed by atoms with Crippen molar-refractivity contribution in [2.45, 2.75) is 19.8 Å². The predicted octanol–water partition coefficient (Wildman–Crippen LogP) is 1.65. The molecule has 1 unspecified atom stereocenters. The number of ether oxygens (including phenoxy) is 1. The van der Waals surface area contributed by atoms with E-state index in [-0.39, 0.29) is 5.92 Å². The summed E-state index contributed by atoms with van der Waals surface area (Å²) < 4.78 is 8.51. The molecule has 1 heterocycles. The minimum absolute atomic E-state index is 0.0133. The van der Waals surface area contributed by atoms with Gasteiger partial charge in [0.1, 0.15) is 0 Å². The van der Waals surface area contributed by atoms with E-state index in [4.69, 9.17) is 4.74 Å². The highest BCUT2D eigenvalue weighted by Gasteiger charge is 2.19. The molecule has 0 spiro atoms. The lowest BCUT2D eigenvalue weighted by Crippen LogP contribution is -2.08. The number of aromatic nitrogens is 2. The van der Waals surface area contributed by atoms with Gasteiger partial charge in [0.05, 0.1) is 11.5 Å². The molecule has 0 amide bonds. The van der Waals surface area contributed by atoms with Crippen molar-refractivity contribution in [2.24, 2.45) is 0 Å². The van der Waals surface area contributed by atoms with Gasteiger partial charge < -0.3 is 4.74 Å². The summed E-state index contributed by atoms with van der Waals surface area (Å²) in [6.45, 7) is 7.80. The zero-order chi connectivity index (χ0) is 9.84. The molecule has 0 aliphatic carbocycles. The van der Waals surface area contributed by atoms with E-state index in [0.29, 0.717) is 12.3 Å². The molecule has 1 aromatic rings. The van der Waals surface area contributed by atoms with Gasteiger partial charge in [-0.3, -0.25) is 0 Å². The van der Waals surface area contributed by atoms with Crippen LogP contribution in [0.2, 0.25) is 0 Å². The fraction of sp³-hybridized carbons (Fsp3) is 0.500. The molecule has 4 nitrogen and oxygen atoms in total. The molecule has 0 aliphatic rings. The Kier molecular flexibility index (Phi) is 3.36. The fourth-order valence-corrected chi connectivity index (χ4v) is 1.46. The number of hydrogen-bond acceptors (Lipinski definition) is 5. The zero-order valence-corrected chi connectivity index (χ0v) is 8.43. The summed E-state index contributed by atoms with van der Waals surface area (Å²) in [6.07, 6.45) is 0. The number of hydrogen-bond donors (Lipinski definition) is 0. The Morgan fingerprint density at radius 1 is 1.77 bits per heavy atom. The molecule has 0 N–H and O–H groups in total. The van der Waals surface area contributed by atoms with E-state index in [1.807, 2.05) is 6.92 Å². The average Bonchev–Trinajstić information content (AvgIpc) is 2.52. The lowest BCUT2D eigenvalue weighted by Gasteiger charge is -2.02. The van der Waals surface area contributed by atoms with E-state index in [1.54, 1.807) is 6.92 Å². The average molecular weight is 199 g/mol. The predicted molar refractivity (Wildman–Crippen MR) is 49.6 cm³/mol. The second-order valence-corrected chi connectivity index (χ2v) is 3.39. The molecule has 71 valence electrons. The molecule has 0 aromatic carbocycles. The van der Waals surface area contributed by atoms with Crippen molar-refractivity contribution in [3.05, 3.63) is 17.5 Å². The molecule has 0 saturated carbocycles. The molecule has 0 aliphatic heterocycles. The molecule has 0 saturated heterocycles. The van der Waals surface area contributed by atoms with Crippen LogP contribution >= 0.6 is 11.5 Å². The molecular formula is C8H11N2O2S. The van der Waals surface area contributed by atoms with Crippen molar-refractivity contribution in [1.82, 2.24) is 9.59 Å². The van der Waals surface area contributed by atoms with Gasteiger partial charge in [0.15, 0.2) is 5.69 Å². The molecule has 0 bridgehead atoms. The van der Waals surface area contributed by atoms with Crippen molar-refractivity contribution in [3.63, 3.8) is 0 Å². The van der Waals surface area contributed by atoms with E-state index >= 15 is 0 Å². The summed E-state index contributed by atoms with van der Waals surface area (Å²) >= 11 is 1.19. The maximum Gasteiger partial charge on any atom is 0.360 e.